The SMILES string of the molecule is O=C(COC(=O)c1c2c(nc3ccccc13)/C(=C\c1ccc3c(c1)OCO3)CC2)NCc1cccs1. The van der Waals surface area contributed by atoms with Crippen LogP contribution in [-0.4, -0.2) is 30.3 Å². The third kappa shape index (κ3) is 4.31. The third-order valence-electron chi connectivity index (χ3n) is 6.26. The number of thiophene rings is 1. The molecule has 4 aromatic rings. The first-order valence-corrected chi connectivity index (χ1v) is 12.5. The highest BCUT2D eigenvalue weighted by Crippen LogP contribution is 2.39. The molecule has 1 amide bonds. The minimum Gasteiger partial charge on any atom is -0.454 e. The van der Waals surface area contributed by atoms with Crippen molar-refractivity contribution in [2.45, 2.75) is 19.4 Å². The lowest BCUT2D eigenvalue weighted by Gasteiger charge is -2.12. The Morgan fingerprint density at radius 2 is 1.94 bits per heavy atom. The minimum atomic E-state index is -0.513. The number of benzene rings is 2. The molecule has 2 aromatic carbocycles. The van der Waals surface area contributed by atoms with Crippen LogP contribution in [-0.2, 0) is 22.5 Å². The van der Waals surface area contributed by atoms with E-state index >= 15 is 0 Å². The average Bonchev–Trinajstić information content (AvgIpc) is 3.66. The molecule has 8 heteroatoms. The van der Waals surface area contributed by atoms with Crippen molar-refractivity contribution in [3.05, 3.63) is 87.2 Å². The summed E-state index contributed by atoms with van der Waals surface area (Å²) in [6, 6.07) is 17.2. The fraction of sp³-hybridized carbons (Fsp3) is 0.179. The van der Waals surface area contributed by atoms with E-state index in [0.717, 1.165) is 50.6 Å². The van der Waals surface area contributed by atoms with Crippen LogP contribution in [0, 0.1) is 0 Å². The summed E-state index contributed by atoms with van der Waals surface area (Å²) < 4.78 is 16.4. The average molecular weight is 499 g/mol. The molecule has 2 aromatic heterocycles. The second-order valence-corrected chi connectivity index (χ2v) is 9.58. The highest BCUT2D eigenvalue weighted by atomic mass is 32.1. The second-order valence-electron chi connectivity index (χ2n) is 8.55. The van der Waals surface area contributed by atoms with Crippen LogP contribution in [0.3, 0.4) is 0 Å². The Kier molecular flexibility index (Phi) is 5.87. The molecule has 0 radical (unpaired) electrons. The number of fused-ring (bicyclic) bond motifs is 3. The van der Waals surface area contributed by atoms with E-state index in [0.29, 0.717) is 24.0 Å². The molecular formula is C28H22N2O5S. The van der Waals surface area contributed by atoms with Gasteiger partial charge in [-0.25, -0.2) is 9.78 Å². The molecule has 7 nitrogen and oxygen atoms in total. The summed E-state index contributed by atoms with van der Waals surface area (Å²) in [5.74, 6) is 0.601. The van der Waals surface area contributed by atoms with Gasteiger partial charge < -0.3 is 19.5 Å². The Bertz CT molecular complexity index is 1510. The molecule has 1 aliphatic carbocycles. The fourth-order valence-corrected chi connectivity index (χ4v) is 5.21. The zero-order chi connectivity index (χ0) is 24.5. The Balaban J connectivity index is 1.27. The monoisotopic (exact) mass is 498 g/mol. The summed E-state index contributed by atoms with van der Waals surface area (Å²) in [6.45, 7) is 0.300. The molecule has 0 spiro atoms. The van der Waals surface area contributed by atoms with Gasteiger partial charge in [-0.3, -0.25) is 4.79 Å². The van der Waals surface area contributed by atoms with E-state index < -0.39 is 5.97 Å². The highest BCUT2D eigenvalue weighted by molar-refractivity contribution is 7.09. The molecule has 0 unspecified atom stereocenters. The molecule has 0 saturated carbocycles. The van der Waals surface area contributed by atoms with Gasteiger partial charge in [0, 0.05) is 10.3 Å². The first-order chi connectivity index (χ1) is 17.7. The summed E-state index contributed by atoms with van der Waals surface area (Å²) in [6.07, 6.45) is 3.48. The smallest absolute Gasteiger partial charge is 0.339 e. The van der Waals surface area contributed by atoms with Crippen molar-refractivity contribution in [3.63, 3.8) is 0 Å². The van der Waals surface area contributed by atoms with Gasteiger partial charge in [0.25, 0.3) is 5.91 Å². The molecule has 180 valence electrons. The molecule has 0 bridgehead atoms. The number of hydrogen-bond acceptors (Lipinski definition) is 7. The first kappa shape index (κ1) is 22.3. The van der Waals surface area contributed by atoms with Crippen molar-refractivity contribution in [3.8, 4) is 11.5 Å². The molecule has 1 aliphatic heterocycles. The van der Waals surface area contributed by atoms with Gasteiger partial charge in [0.15, 0.2) is 18.1 Å². The molecule has 1 N–H and O–H groups in total. The van der Waals surface area contributed by atoms with E-state index in [1.807, 2.05) is 60.0 Å². The van der Waals surface area contributed by atoms with E-state index in [2.05, 4.69) is 11.4 Å². The van der Waals surface area contributed by atoms with E-state index in [1.54, 1.807) is 11.3 Å². The van der Waals surface area contributed by atoms with Crippen molar-refractivity contribution < 1.29 is 23.8 Å². The summed E-state index contributed by atoms with van der Waals surface area (Å²) >= 11 is 1.56. The number of ether oxygens (including phenoxy) is 3. The number of carbonyl (C=O) groups excluding carboxylic acids is 2. The van der Waals surface area contributed by atoms with Crippen LogP contribution in [0.15, 0.2) is 60.0 Å². The minimum absolute atomic E-state index is 0.225. The number of rotatable bonds is 6. The number of para-hydroxylation sites is 1. The van der Waals surface area contributed by atoms with Crippen LogP contribution < -0.4 is 14.8 Å². The maximum absolute atomic E-state index is 13.3. The Morgan fingerprint density at radius 1 is 1.06 bits per heavy atom. The Morgan fingerprint density at radius 3 is 2.83 bits per heavy atom. The predicted molar refractivity (Wildman–Crippen MR) is 137 cm³/mol. The van der Waals surface area contributed by atoms with Gasteiger partial charge in [0.2, 0.25) is 6.79 Å². The zero-order valence-electron chi connectivity index (χ0n) is 19.3. The Hall–Kier alpha value is -4.17. The lowest BCUT2D eigenvalue weighted by molar-refractivity contribution is -0.124. The third-order valence-corrected chi connectivity index (χ3v) is 7.13. The molecular weight excluding hydrogens is 476 g/mol. The van der Waals surface area contributed by atoms with Crippen LogP contribution in [0.5, 0.6) is 11.5 Å². The summed E-state index contributed by atoms with van der Waals surface area (Å²) in [7, 11) is 0. The fourth-order valence-electron chi connectivity index (χ4n) is 4.57. The van der Waals surface area contributed by atoms with Gasteiger partial charge in [0.05, 0.1) is 23.3 Å². The quantitative estimate of drug-likeness (QED) is 0.377. The molecule has 6 rings (SSSR count). The normalized spacial score (nSPS) is 14.7. The van der Waals surface area contributed by atoms with E-state index in [9.17, 15) is 9.59 Å². The number of allylic oxidation sites excluding steroid dienone is 1. The van der Waals surface area contributed by atoms with Gasteiger partial charge in [-0.2, -0.15) is 0 Å². The first-order valence-electron chi connectivity index (χ1n) is 11.6. The maximum atomic E-state index is 13.3. The molecule has 3 heterocycles. The largest absolute Gasteiger partial charge is 0.454 e. The maximum Gasteiger partial charge on any atom is 0.339 e. The number of amides is 1. The van der Waals surface area contributed by atoms with Crippen molar-refractivity contribution in [2.24, 2.45) is 0 Å². The zero-order valence-corrected chi connectivity index (χ0v) is 20.1. The topological polar surface area (TPSA) is 86.8 Å². The van der Waals surface area contributed by atoms with E-state index in [4.69, 9.17) is 19.2 Å². The molecule has 36 heavy (non-hydrogen) atoms. The van der Waals surface area contributed by atoms with Crippen molar-refractivity contribution in [2.75, 3.05) is 13.4 Å². The summed E-state index contributed by atoms with van der Waals surface area (Å²) in [5, 5.41) is 5.46. The van der Waals surface area contributed by atoms with Crippen LogP contribution in [0.1, 0.15) is 38.5 Å². The van der Waals surface area contributed by atoms with E-state index in [-0.39, 0.29) is 19.3 Å². The van der Waals surface area contributed by atoms with Gasteiger partial charge in [0.1, 0.15) is 0 Å². The van der Waals surface area contributed by atoms with E-state index in [1.165, 1.54) is 0 Å². The van der Waals surface area contributed by atoms with Gasteiger partial charge in [-0.1, -0.05) is 30.3 Å². The molecule has 0 saturated heterocycles. The Labute approximate surface area is 211 Å². The highest BCUT2D eigenvalue weighted by Gasteiger charge is 2.28. The summed E-state index contributed by atoms with van der Waals surface area (Å²) in [5.41, 5.74) is 4.85. The van der Waals surface area contributed by atoms with Gasteiger partial charge >= 0.3 is 5.97 Å². The lowest BCUT2D eigenvalue weighted by Crippen LogP contribution is -2.28. The predicted octanol–water partition coefficient (Wildman–Crippen LogP) is 4.99. The van der Waals surface area contributed by atoms with Crippen molar-refractivity contribution in [1.82, 2.24) is 10.3 Å². The number of esters is 1. The second kappa shape index (κ2) is 9.47. The number of hydrogen-bond donors (Lipinski definition) is 1. The summed E-state index contributed by atoms with van der Waals surface area (Å²) in [4.78, 5) is 31.5. The van der Waals surface area contributed by atoms with Crippen molar-refractivity contribution in [1.29, 1.82) is 0 Å². The van der Waals surface area contributed by atoms with Crippen LogP contribution in [0.4, 0.5) is 0 Å². The number of pyridine rings is 1. The number of nitrogens with zero attached hydrogens (tertiary/aromatic N) is 1. The molecule has 2 aliphatic rings. The van der Waals surface area contributed by atoms with Crippen LogP contribution in [0.25, 0.3) is 22.6 Å². The number of nitrogens with one attached hydrogen (secondary N) is 1. The lowest BCUT2D eigenvalue weighted by atomic mass is 10.0. The number of aromatic nitrogens is 1. The standard InChI is InChI=1S/C28H22N2O5S/c31-25(29-14-19-4-3-11-36-19)15-33-28(32)26-20-5-1-2-6-22(20)30-27-18(8-9-21(26)27)12-17-7-10-23-24(13-17)35-16-34-23/h1-7,10-13H,8-9,14-16H2,(H,29,31)/b18-12-. The van der Waals surface area contributed by atoms with Crippen molar-refractivity contribution >= 4 is 45.8 Å². The van der Waals surface area contributed by atoms with Crippen LogP contribution >= 0.6 is 11.3 Å². The van der Waals surface area contributed by atoms with Crippen LogP contribution in [0.2, 0.25) is 0 Å². The number of carbonyl (C=O) groups is 2. The van der Waals surface area contributed by atoms with Gasteiger partial charge in [-0.15, -0.1) is 11.3 Å². The van der Waals surface area contributed by atoms with Gasteiger partial charge in [-0.05, 0) is 65.3 Å². The molecule has 0 fully saturated rings. The molecule has 0 atom stereocenters.